The van der Waals surface area contributed by atoms with Gasteiger partial charge in [-0.15, -0.1) is 0 Å². The summed E-state index contributed by atoms with van der Waals surface area (Å²) in [6, 6.07) is 0. The summed E-state index contributed by atoms with van der Waals surface area (Å²) in [6.07, 6.45) is -5.44. The zero-order valence-electron chi connectivity index (χ0n) is 11.3. The third-order valence-electron chi connectivity index (χ3n) is 2.31. The largest absolute Gasteiger partial charge is 0.396 e. The van der Waals surface area contributed by atoms with Crippen LogP contribution >= 0.6 is 15.9 Å². The Labute approximate surface area is 119 Å². The minimum atomic E-state index is -4.31. The van der Waals surface area contributed by atoms with Crippen molar-refractivity contribution in [2.45, 2.75) is 45.7 Å². The summed E-state index contributed by atoms with van der Waals surface area (Å²) < 4.78 is 38.0. The maximum absolute atomic E-state index is 12.5. The van der Waals surface area contributed by atoms with Crippen LogP contribution in [0.15, 0.2) is 4.47 Å². The highest BCUT2D eigenvalue weighted by atomic mass is 79.9. The molecule has 7 heteroatoms. The van der Waals surface area contributed by atoms with E-state index in [1.165, 1.54) is 0 Å². The minimum absolute atomic E-state index is 0.212. The van der Waals surface area contributed by atoms with E-state index in [1.807, 2.05) is 27.7 Å². The van der Waals surface area contributed by atoms with Gasteiger partial charge in [0.1, 0.15) is 18.1 Å². The molecule has 0 aliphatic carbocycles. The molecule has 0 aliphatic heterocycles. The molecule has 0 saturated carbocycles. The molecule has 0 aliphatic rings. The number of hydrogen-bond donors (Lipinski definition) is 1. The van der Waals surface area contributed by atoms with Gasteiger partial charge in [-0.2, -0.15) is 13.2 Å². The average Bonchev–Trinajstić information content (AvgIpc) is 2.19. The molecule has 3 nitrogen and oxygen atoms in total. The molecule has 0 amide bonds. The lowest BCUT2D eigenvalue weighted by atomic mass is 9.92. The lowest BCUT2D eigenvalue weighted by molar-refractivity contribution is -0.128. The van der Waals surface area contributed by atoms with E-state index in [4.69, 9.17) is 0 Å². The zero-order valence-corrected chi connectivity index (χ0v) is 12.9. The average molecular weight is 340 g/mol. The summed E-state index contributed by atoms with van der Waals surface area (Å²) in [5, 5.41) is 2.95. The van der Waals surface area contributed by atoms with Crippen molar-refractivity contribution in [3.8, 4) is 0 Å². The summed E-state index contributed by atoms with van der Waals surface area (Å²) >= 11 is 3.36. The number of alkyl halides is 3. The molecule has 0 aromatic carbocycles. The van der Waals surface area contributed by atoms with Crippen molar-refractivity contribution in [3.05, 3.63) is 16.0 Å². The van der Waals surface area contributed by atoms with Crippen LogP contribution in [0.2, 0.25) is 0 Å². The first-order chi connectivity index (χ1) is 8.54. The Kier molecular flexibility index (Phi) is 4.81. The van der Waals surface area contributed by atoms with E-state index in [-0.39, 0.29) is 11.2 Å². The standard InChI is InChI=1S/C12H17BrF3N3/c1-5-17-10-8(13)9(11(2,3)4)18-7(19-10)6-12(14,15)16/h5-6H2,1-4H3,(H,17,18,19). The molecule has 0 fully saturated rings. The lowest BCUT2D eigenvalue weighted by Gasteiger charge is -2.22. The van der Waals surface area contributed by atoms with Gasteiger partial charge in [0.2, 0.25) is 0 Å². The summed E-state index contributed by atoms with van der Waals surface area (Å²) in [5.41, 5.74) is 0.199. The number of aromatic nitrogens is 2. The predicted molar refractivity (Wildman–Crippen MR) is 72.4 cm³/mol. The van der Waals surface area contributed by atoms with Gasteiger partial charge in [-0.05, 0) is 22.9 Å². The van der Waals surface area contributed by atoms with Crippen molar-refractivity contribution in [2.75, 3.05) is 11.9 Å². The van der Waals surface area contributed by atoms with Crippen LogP contribution in [0.5, 0.6) is 0 Å². The summed E-state index contributed by atoms with van der Waals surface area (Å²) in [7, 11) is 0. The number of hydrogen-bond acceptors (Lipinski definition) is 3. The first-order valence-corrected chi connectivity index (χ1v) is 6.71. The fourth-order valence-electron chi connectivity index (χ4n) is 1.53. The summed E-state index contributed by atoms with van der Waals surface area (Å²) in [6.45, 7) is 8.12. The van der Waals surface area contributed by atoms with Gasteiger partial charge < -0.3 is 5.32 Å². The van der Waals surface area contributed by atoms with Crippen LogP contribution in [-0.4, -0.2) is 22.7 Å². The minimum Gasteiger partial charge on any atom is -0.369 e. The molecule has 108 valence electrons. The summed E-state index contributed by atoms with van der Waals surface area (Å²) in [4.78, 5) is 7.99. The molecule has 0 saturated heterocycles. The molecule has 0 bridgehead atoms. The molecule has 0 spiro atoms. The SMILES string of the molecule is CCNc1nc(CC(F)(F)F)nc(C(C)(C)C)c1Br. The van der Waals surface area contributed by atoms with Crippen LogP contribution in [0.25, 0.3) is 0 Å². The first kappa shape index (κ1) is 16.2. The van der Waals surface area contributed by atoms with Crippen molar-refractivity contribution in [1.82, 2.24) is 9.97 Å². The molecule has 1 N–H and O–H groups in total. The van der Waals surface area contributed by atoms with Gasteiger partial charge in [0.15, 0.2) is 0 Å². The van der Waals surface area contributed by atoms with Crippen molar-refractivity contribution in [2.24, 2.45) is 0 Å². The van der Waals surface area contributed by atoms with E-state index in [2.05, 4.69) is 31.2 Å². The van der Waals surface area contributed by atoms with Gasteiger partial charge in [-0.3, -0.25) is 0 Å². The van der Waals surface area contributed by atoms with Crippen molar-refractivity contribution in [3.63, 3.8) is 0 Å². The maximum Gasteiger partial charge on any atom is 0.396 e. The third kappa shape index (κ3) is 4.63. The van der Waals surface area contributed by atoms with Crippen LogP contribution in [0.3, 0.4) is 0 Å². The van der Waals surface area contributed by atoms with E-state index in [9.17, 15) is 13.2 Å². The van der Waals surface area contributed by atoms with Gasteiger partial charge >= 0.3 is 6.18 Å². The summed E-state index contributed by atoms with van der Waals surface area (Å²) in [5.74, 6) is 0.193. The fraction of sp³-hybridized carbons (Fsp3) is 0.667. The molecule has 1 aromatic heterocycles. The number of anilines is 1. The molecule has 1 aromatic rings. The van der Waals surface area contributed by atoms with Crippen molar-refractivity contribution in [1.29, 1.82) is 0 Å². The molecule has 1 heterocycles. The Bertz CT molecular complexity index is 453. The van der Waals surface area contributed by atoms with Crippen LogP contribution in [-0.2, 0) is 11.8 Å². The van der Waals surface area contributed by atoms with Gasteiger partial charge in [0, 0.05) is 12.0 Å². The Morgan fingerprint density at radius 3 is 2.16 bits per heavy atom. The van der Waals surface area contributed by atoms with Crippen molar-refractivity contribution >= 4 is 21.7 Å². The fourth-order valence-corrected chi connectivity index (χ4v) is 2.45. The van der Waals surface area contributed by atoms with E-state index in [0.717, 1.165) is 0 Å². The van der Waals surface area contributed by atoms with Gasteiger partial charge in [0.25, 0.3) is 0 Å². The number of rotatable bonds is 3. The molecular weight excluding hydrogens is 323 g/mol. The van der Waals surface area contributed by atoms with E-state index in [0.29, 0.717) is 22.5 Å². The Hall–Kier alpha value is -0.850. The predicted octanol–water partition coefficient (Wildman–Crippen LogP) is 4.07. The van der Waals surface area contributed by atoms with Crippen molar-refractivity contribution < 1.29 is 13.2 Å². The molecule has 1 rings (SSSR count). The van der Waals surface area contributed by atoms with Crippen LogP contribution in [0, 0.1) is 0 Å². The van der Waals surface area contributed by atoms with Crippen LogP contribution in [0.4, 0.5) is 19.0 Å². The van der Waals surface area contributed by atoms with E-state index in [1.54, 1.807) is 0 Å². The Morgan fingerprint density at radius 2 is 1.74 bits per heavy atom. The second kappa shape index (κ2) is 5.64. The molecule has 0 unspecified atom stereocenters. The Morgan fingerprint density at radius 1 is 1.16 bits per heavy atom. The smallest absolute Gasteiger partial charge is 0.369 e. The van der Waals surface area contributed by atoms with Crippen LogP contribution in [0.1, 0.15) is 39.2 Å². The second-order valence-electron chi connectivity index (χ2n) is 5.22. The maximum atomic E-state index is 12.5. The molecular formula is C12H17BrF3N3. The lowest BCUT2D eigenvalue weighted by Crippen LogP contribution is -2.21. The Balaban J connectivity index is 3.31. The quantitative estimate of drug-likeness (QED) is 0.901. The van der Waals surface area contributed by atoms with Gasteiger partial charge in [-0.1, -0.05) is 20.8 Å². The third-order valence-corrected chi connectivity index (χ3v) is 3.06. The highest BCUT2D eigenvalue weighted by Gasteiger charge is 2.31. The number of nitrogens with one attached hydrogen (secondary N) is 1. The zero-order chi connectivity index (χ0) is 14.8. The highest BCUT2D eigenvalue weighted by molar-refractivity contribution is 9.10. The first-order valence-electron chi connectivity index (χ1n) is 5.92. The highest BCUT2D eigenvalue weighted by Crippen LogP contribution is 2.33. The second-order valence-corrected chi connectivity index (χ2v) is 6.02. The monoisotopic (exact) mass is 339 g/mol. The van der Waals surface area contributed by atoms with Gasteiger partial charge in [-0.25, -0.2) is 9.97 Å². The van der Waals surface area contributed by atoms with Crippen LogP contribution < -0.4 is 5.32 Å². The molecule has 19 heavy (non-hydrogen) atoms. The van der Waals surface area contributed by atoms with E-state index >= 15 is 0 Å². The van der Waals surface area contributed by atoms with Gasteiger partial charge in [0.05, 0.1) is 10.2 Å². The number of nitrogens with zero attached hydrogens (tertiary/aromatic N) is 2. The molecule has 0 atom stereocenters. The van der Waals surface area contributed by atoms with E-state index < -0.39 is 12.6 Å². The topological polar surface area (TPSA) is 37.8 Å². The normalized spacial score (nSPS) is 12.6. The molecule has 0 radical (unpaired) electrons. The number of halogens is 4.